The molecule has 4 nitrogen and oxygen atoms in total. The van der Waals surface area contributed by atoms with Crippen molar-refractivity contribution in [3.8, 4) is 0 Å². The molecule has 1 aromatic heterocycles. The highest BCUT2D eigenvalue weighted by atomic mass is 35.5. The summed E-state index contributed by atoms with van der Waals surface area (Å²) < 4.78 is 15.3. The Morgan fingerprint density at radius 1 is 0.971 bits per heavy atom. The molecule has 34 heavy (non-hydrogen) atoms. The first-order valence-electron chi connectivity index (χ1n) is 11.0. The molecule has 0 aliphatic rings. The first kappa shape index (κ1) is 23.9. The van der Waals surface area contributed by atoms with Gasteiger partial charge in [0, 0.05) is 18.1 Å². The summed E-state index contributed by atoms with van der Waals surface area (Å²) in [5.41, 5.74) is 5.79. The second-order valence-corrected chi connectivity index (χ2v) is 8.99. The third-order valence-corrected chi connectivity index (χ3v) is 6.38. The summed E-state index contributed by atoms with van der Waals surface area (Å²) in [7, 11) is 0. The Morgan fingerprint density at radius 2 is 1.56 bits per heavy atom. The predicted molar refractivity (Wildman–Crippen MR) is 141 cm³/mol. The number of nitrogens with zero attached hydrogens (tertiary/aromatic N) is 3. The topological polar surface area (TPSA) is 33.1 Å². The molecule has 0 spiro atoms. The molecular formula is C27H26ClFN4S. The molecule has 0 atom stereocenters. The Morgan fingerprint density at radius 3 is 2.12 bits per heavy atom. The minimum Gasteiger partial charge on any atom is -0.340 e. The fourth-order valence-corrected chi connectivity index (χ4v) is 4.29. The van der Waals surface area contributed by atoms with Gasteiger partial charge in [-0.25, -0.2) is 4.39 Å². The Labute approximate surface area is 210 Å². The molecule has 0 bridgehead atoms. The smallest absolute Gasteiger partial charge is 0.174 e. The lowest BCUT2D eigenvalue weighted by atomic mass is 10.2. The Balaban J connectivity index is 1.55. The molecule has 7 heteroatoms. The van der Waals surface area contributed by atoms with Gasteiger partial charge in [0.1, 0.15) is 5.82 Å². The van der Waals surface area contributed by atoms with Crippen molar-refractivity contribution in [3.05, 3.63) is 118 Å². The number of aryl methyl sites for hydroxylation is 1. The van der Waals surface area contributed by atoms with Crippen molar-refractivity contribution in [2.75, 3.05) is 5.32 Å². The quantitative estimate of drug-likeness (QED) is 0.289. The summed E-state index contributed by atoms with van der Waals surface area (Å²) >= 11 is 12.1. The van der Waals surface area contributed by atoms with E-state index in [4.69, 9.17) is 23.8 Å². The SMILES string of the molecule is Cc1nn(Cc2ccc(F)cc2Cl)c(C)c1NC(=S)N(Cc1ccccc1)Cc1ccccc1. The molecule has 1 N–H and O–H groups in total. The van der Waals surface area contributed by atoms with Crippen LogP contribution >= 0.6 is 23.8 Å². The van der Waals surface area contributed by atoms with Crippen molar-refractivity contribution in [2.45, 2.75) is 33.5 Å². The van der Waals surface area contributed by atoms with Crippen LogP contribution in [-0.2, 0) is 19.6 Å². The molecule has 0 saturated heterocycles. The van der Waals surface area contributed by atoms with E-state index in [1.807, 2.05) is 54.9 Å². The lowest BCUT2D eigenvalue weighted by Gasteiger charge is -2.26. The van der Waals surface area contributed by atoms with Gasteiger partial charge in [0.25, 0.3) is 0 Å². The summed E-state index contributed by atoms with van der Waals surface area (Å²) in [6.45, 7) is 5.73. The summed E-state index contributed by atoms with van der Waals surface area (Å²) in [5.74, 6) is -0.355. The Bertz CT molecular complexity index is 1230. The average molecular weight is 493 g/mol. The number of nitrogens with one attached hydrogen (secondary N) is 1. The maximum Gasteiger partial charge on any atom is 0.174 e. The van der Waals surface area contributed by atoms with Gasteiger partial charge >= 0.3 is 0 Å². The van der Waals surface area contributed by atoms with E-state index in [1.165, 1.54) is 23.3 Å². The zero-order valence-corrected chi connectivity index (χ0v) is 20.7. The maximum atomic E-state index is 13.4. The molecule has 0 radical (unpaired) electrons. The first-order chi connectivity index (χ1) is 16.4. The van der Waals surface area contributed by atoms with Crippen LogP contribution in [0.15, 0.2) is 78.9 Å². The second kappa shape index (κ2) is 10.8. The molecule has 4 rings (SSSR count). The van der Waals surface area contributed by atoms with Crippen LogP contribution in [0.25, 0.3) is 0 Å². The van der Waals surface area contributed by atoms with E-state index in [-0.39, 0.29) is 5.82 Å². The van der Waals surface area contributed by atoms with Crippen molar-refractivity contribution in [2.24, 2.45) is 0 Å². The molecular weight excluding hydrogens is 467 g/mol. The van der Waals surface area contributed by atoms with Crippen LogP contribution in [0.2, 0.25) is 5.02 Å². The predicted octanol–water partition coefficient (Wildman–Crippen LogP) is 6.74. The molecule has 4 aromatic rings. The number of hydrogen-bond acceptors (Lipinski definition) is 2. The van der Waals surface area contributed by atoms with Gasteiger partial charge in [0.15, 0.2) is 5.11 Å². The van der Waals surface area contributed by atoms with Gasteiger partial charge in [-0.05, 0) is 54.9 Å². The zero-order chi connectivity index (χ0) is 24.1. The molecule has 0 saturated carbocycles. The van der Waals surface area contributed by atoms with Crippen LogP contribution in [0.4, 0.5) is 10.1 Å². The van der Waals surface area contributed by atoms with E-state index < -0.39 is 0 Å². The molecule has 1 heterocycles. The van der Waals surface area contributed by atoms with Crippen LogP contribution in [0, 0.1) is 19.7 Å². The maximum absolute atomic E-state index is 13.4. The molecule has 3 aromatic carbocycles. The Hall–Kier alpha value is -3.22. The number of hydrogen-bond donors (Lipinski definition) is 1. The molecule has 0 fully saturated rings. The first-order valence-corrected chi connectivity index (χ1v) is 11.8. The standard InChI is InChI=1S/C27H26ClFN4S/c1-19-26(20(2)33(31-19)18-23-13-14-24(29)15-25(23)28)30-27(34)32(16-21-9-5-3-6-10-21)17-22-11-7-4-8-12-22/h3-15H,16-18H2,1-2H3,(H,30,34). The number of rotatable bonds is 7. The van der Waals surface area contributed by atoms with E-state index in [2.05, 4.69) is 39.6 Å². The monoisotopic (exact) mass is 492 g/mol. The lowest BCUT2D eigenvalue weighted by molar-refractivity contribution is 0.413. The molecule has 0 aliphatic carbocycles. The van der Waals surface area contributed by atoms with Crippen LogP contribution in [0.5, 0.6) is 0 Å². The van der Waals surface area contributed by atoms with Crippen molar-refractivity contribution in [3.63, 3.8) is 0 Å². The van der Waals surface area contributed by atoms with Crippen LogP contribution in [0.1, 0.15) is 28.1 Å². The van der Waals surface area contributed by atoms with Crippen molar-refractivity contribution in [1.29, 1.82) is 0 Å². The number of thiocarbonyl (C=S) groups is 1. The molecule has 0 aliphatic heterocycles. The number of anilines is 1. The molecule has 0 unspecified atom stereocenters. The van der Waals surface area contributed by atoms with Crippen LogP contribution in [-0.4, -0.2) is 19.8 Å². The lowest BCUT2D eigenvalue weighted by Crippen LogP contribution is -2.34. The summed E-state index contributed by atoms with van der Waals surface area (Å²) in [5, 5.41) is 9.11. The minimum absolute atomic E-state index is 0.355. The van der Waals surface area contributed by atoms with Crippen molar-refractivity contribution in [1.82, 2.24) is 14.7 Å². The third-order valence-electron chi connectivity index (χ3n) is 5.67. The largest absolute Gasteiger partial charge is 0.340 e. The number of halogens is 2. The highest BCUT2D eigenvalue weighted by Gasteiger charge is 2.18. The normalized spacial score (nSPS) is 10.8. The van der Waals surface area contributed by atoms with Gasteiger partial charge in [-0.1, -0.05) is 78.3 Å². The van der Waals surface area contributed by atoms with Crippen molar-refractivity contribution < 1.29 is 4.39 Å². The summed E-state index contributed by atoms with van der Waals surface area (Å²) in [4.78, 5) is 2.15. The fraction of sp³-hybridized carbons (Fsp3) is 0.185. The van der Waals surface area contributed by atoms with E-state index >= 15 is 0 Å². The third kappa shape index (κ3) is 5.82. The Kier molecular flexibility index (Phi) is 7.60. The van der Waals surface area contributed by atoms with E-state index in [0.29, 0.717) is 29.8 Å². The minimum atomic E-state index is -0.355. The second-order valence-electron chi connectivity index (χ2n) is 8.20. The van der Waals surface area contributed by atoms with E-state index in [1.54, 1.807) is 6.07 Å². The number of benzene rings is 3. The highest BCUT2D eigenvalue weighted by Crippen LogP contribution is 2.24. The number of aromatic nitrogens is 2. The van der Waals surface area contributed by atoms with Gasteiger partial charge in [-0.15, -0.1) is 0 Å². The van der Waals surface area contributed by atoms with Crippen LogP contribution < -0.4 is 5.32 Å². The highest BCUT2D eigenvalue weighted by molar-refractivity contribution is 7.80. The van der Waals surface area contributed by atoms with E-state index in [9.17, 15) is 4.39 Å². The van der Waals surface area contributed by atoms with Gasteiger partial charge in [0.05, 0.1) is 23.6 Å². The fourth-order valence-electron chi connectivity index (χ4n) is 3.84. The van der Waals surface area contributed by atoms with Gasteiger partial charge in [0.2, 0.25) is 0 Å². The molecule has 174 valence electrons. The summed E-state index contributed by atoms with van der Waals surface area (Å²) in [6.07, 6.45) is 0. The molecule has 0 amide bonds. The van der Waals surface area contributed by atoms with Gasteiger partial charge in [-0.3, -0.25) is 4.68 Å². The van der Waals surface area contributed by atoms with Crippen LogP contribution in [0.3, 0.4) is 0 Å². The zero-order valence-electron chi connectivity index (χ0n) is 19.1. The van der Waals surface area contributed by atoms with Gasteiger partial charge < -0.3 is 10.2 Å². The van der Waals surface area contributed by atoms with E-state index in [0.717, 1.165) is 22.6 Å². The summed E-state index contributed by atoms with van der Waals surface area (Å²) in [6, 6.07) is 25.0. The average Bonchev–Trinajstić information content (AvgIpc) is 3.09. The van der Waals surface area contributed by atoms with Crippen molar-refractivity contribution >= 4 is 34.6 Å². The van der Waals surface area contributed by atoms with Gasteiger partial charge in [-0.2, -0.15) is 5.10 Å².